The van der Waals surface area contributed by atoms with Gasteiger partial charge >= 0.3 is 0 Å². The molecule has 5 aromatic rings. The second kappa shape index (κ2) is 8.87. The van der Waals surface area contributed by atoms with Crippen molar-refractivity contribution < 1.29 is 9.52 Å². The van der Waals surface area contributed by atoms with Gasteiger partial charge in [0.1, 0.15) is 5.69 Å². The number of hydrogen-bond donors (Lipinski definition) is 3. The minimum absolute atomic E-state index is 0.185. The number of benzene rings is 1. The summed E-state index contributed by atoms with van der Waals surface area (Å²) in [7, 11) is 2.18. The number of thiophene rings is 1. The van der Waals surface area contributed by atoms with E-state index in [1.54, 1.807) is 17.5 Å². The first-order valence-corrected chi connectivity index (χ1v) is 13.1. The zero-order chi connectivity index (χ0) is 25.8. The van der Waals surface area contributed by atoms with Crippen molar-refractivity contribution in [3.05, 3.63) is 48.0 Å². The van der Waals surface area contributed by atoms with Gasteiger partial charge in [-0.3, -0.25) is 10.00 Å². The van der Waals surface area contributed by atoms with E-state index in [4.69, 9.17) is 4.42 Å². The molecular formula is C28H35N5O2S. The Labute approximate surface area is 215 Å². The van der Waals surface area contributed by atoms with E-state index in [1.165, 1.54) is 12.0 Å². The van der Waals surface area contributed by atoms with Crippen LogP contribution in [0.4, 0.5) is 0 Å². The monoisotopic (exact) mass is 505 g/mol. The Morgan fingerprint density at radius 3 is 2.56 bits per heavy atom. The zero-order valence-corrected chi connectivity index (χ0v) is 22.9. The third kappa shape index (κ3) is 4.85. The molecule has 0 saturated heterocycles. The third-order valence-electron chi connectivity index (χ3n) is 7.02. The Hall–Kier alpha value is -2.94. The smallest absolute Gasteiger partial charge is 0.181 e. The molecular weight excluding hydrogens is 470 g/mol. The molecule has 190 valence electrons. The van der Waals surface area contributed by atoms with Crippen LogP contribution in [0.1, 0.15) is 52.7 Å². The van der Waals surface area contributed by atoms with Crippen molar-refractivity contribution in [1.82, 2.24) is 25.1 Å². The molecule has 1 unspecified atom stereocenters. The Bertz CT molecular complexity index is 1490. The van der Waals surface area contributed by atoms with Gasteiger partial charge < -0.3 is 14.5 Å². The molecule has 0 fully saturated rings. The number of fused-ring (bicyclic) bond motifs is 2. The summed E-state index contributed by atoms with van der Waals surface area (Å²) in [4.78, 5) is 11.1. The molecule has 1 atom stereocenters. The maximum atomic E-state index is 10.7. The highest BCUT2D eigenvalue weighted by Crippen LogP contribution is 2.39. The molecule has 1 aromatic carbocycles. The second-order valence-corrected chi connectivity index (χ2v) is 12.7. The maximum Gasteiger partial charge on any atom is 0.181 e. The minimum atomic E-state index is -0.813. The fourth-order valence-corrected chi connectivity index (χ4v) is 5.82. The molecule has 0 aliphatic heterocycles. The van der Waals surface area contributed by atoms with Crippen LogP contribution in [0.2, 0.25) is 0 Å². The molecule has 0 amide bonds. The van der Waals surface area contributed by atoms with Crippen LogP contribution < -0.4 is 0 Å². The van der Waals surface area contributed by atoms with E-state index in [1.807, 2.05) is 19.9 Å². The molecule has 0 aliphatic carbocycles. The predicted molar refractivity (Wildman–Crippen MR) is 147 cm³/mol. The molecule has 4 aromatic heterocycles. The number of rotatable bonds is 7. The van der Waals surface area contributed by atoms with Crippen LogP contribution in [0.25, 0.3) is 43.1 Å². The van der Waals surface area contributed by atoms with E-state index in [0.717, 1.165) is 55.3 Å². The van der Waals surface area contributed by atoms with Crippen molar-refractivity contribution >= 4 is 32.5 Å². The van der Waals surface area contributed by atoms with E-state index in [2.05, 4.69) is 78.0 Å². The Morgan fingerprint density at radius 2 is 1.89 bits per heavy atom. The molecule has 0 radical (unpaired) electrons. The summed E-state index contributed by atoms with van der Waals surface area (Å²) in [5.41, 5.74) is 5.59. The van der Waals surface area contributed by atoms with Crippen molar-refractivity contribution in [3.8, 4) is 22.0 Å². The zero-order valence-electron chi connectivity index (χ0n) is 22.1. The number of hydrogen-bond acceptors (Lipinski definition) is 6. The van der Waals surface area contributed by atoms with Gasteiger partial charge in [0.25, 0.3) is 0 Å². The normalized spacial score (nSPS) is 13.9. The second-order valence-electron chi connectivity index (χ2n) is 11.6. The van der Waals surface area contributed by atoms with Crippen molar-refractivity contribution in [1.29, 1.82) is 0 Å². The Kier molecular flexibility index (Phi) is 6.09. The molecule has 0 bridgehead atoms. The van der Waals surface area contributed by atoms with Gasteiger partial charge in [-0.25, -0.2) is 4.98 Å². The van der Waals surface area contributed by atoms with Crippen molar-refractivity contribution in [3.63, 3.8) is 0 Å². The molecule has 7 nitrogen and oxygen atoms in total. The SMILES string of the molecule is CC(N(C)Cc1cc(CC(C)(C)O)c2cc(-c3n[nH]c4cc(-c5cnco5)sc34)[nH]c2c1)C(C)(C)C. The number of nitrogens with one attached hydrogen (secondary N) is 2. The number of H-pyrrole nitrogens is 2. The summed E-state index contributed by atoms with van der Waals surface area (Å²) in [5, 5.41) is 19.6. The molecule has 8 heteroatoms. The lowest BCUT2D eigenvalue weighted by molar-refractivity contribution is 0.0813. The third-order valence-corrected chi connectivity index (χ3v) is 8.17. The van der Waals surface area contributed by atoms with Crippen LogP contribution in [0.3, 0.4) is 0 Å². The first-order chi connectivity index (χ1) is 16.9. The van der Waals surface area contributed by atoms with E-state index < -0.39 is 5.60 Å². The number of oxazole rings is 1. The highest BCUT2D eigenvalue weighted by molar-refractivity contribution is 7.22. The van der Waals surface area contributed by atoms with Crippen LogP contribution in [0, 0.1) is 5.41 Å². The van der Waals surface area contributed by atoms with Gasteiger partial charge in [-0.05, 0) is 62.6 Å². The van der Waals surface area contributed by atoms with Gasteiger partial charge in [0.05, 0.1) is 32.6 Å². The quantitative estimate of drug-likeness (QED) is 0.231. The van der Waals surface area contributed by atoms with Gasteiger partial charge in [0.2, 0.25) is 0 Å². The first kappa shape index (κ1) is 24.7. The van der Waals surface area contributed by atoms with Crippen molar-refractivity contribution in [2.45, 2.75) is 66.2 Å². The van der Waals surface area contributed by atoms with Crippen LogP contribution in [-0.2, 0) is 13.0 Å². The topological polar surface area (TPSA) is 94.0 Å². The summed E-state index contributed by atoms with van der Waals surface area (Å²) >= 11 is 1.63. The van der Waals surface area contributed by atoms with E-state index in [9.17, 15) is 5.11 Å². The van der Waals surface area contributed by atoms with Gasteiger partial charge in [-0.15, -0.1) is 11.3 Å². The van der Waals surface area contributed by atoms with Crippen LogP contribution in [0.5, 0.6) is 0 Å². The summed E-state index contributed by atoms with van der Waals surface area (Å²) in [5.74, 6) is 0.748. The maximum absolute atomic E-state index is 10.7. The van der Waals surface area contributed by atoms with Crippen LogP contribution >= 0.6 is 11.3 Å². The molecule has 5 rings (SSSR count). The van der Waals surface area contributed by atoms with Crippen molar-refractivity contribution in [2.24, 2.45) is 5.41 Å². The molecule has 0 spiro atoms. The number of nitrogens with zero attached hydrogens (tertiary/aromatic N) is 3. The average molecular weight is 506 g/mol. The summed E-state index contributed by atoms with van der Waals surface area (Å²) < 4.78 is 6.55. The summed E-state index contributed by atoms with van der Waals surface area (Å²) in [6, 6.07) is 9.10. The van der Waals surface area contributed by atoms with Crippen molar-refractivity contribution in [2.75, 3.05) is 7.05 Å². The Balaban J connectivity index is 1.56. The van der Waals surface area contributed by atoms with Gasteiger partial charge in [-0.1, -0.05) is 26.8 Å². The number of aromatic nitrogens is 4. The largest absolute Gasteiger partial charge is 0.443 e. The Morgan fingerprint density at radius 1 is 1.11 bits per heavy atom. The predicted octanol–water partition coefficient (Wildman–Crippen LogP) is 6.61. The first-order valence-electron chi connectivity index (χ1n) is 12.3. The highest BCUT2D eigenvalue weighted by Gasteiger charge is 2.25. The van der Waals surface area contributed by atoms with Crippen LogP contribution in [0.15, 0.2) is 41.3 Å². The van der Waals surface area contributed by atoms with E-state index >= 15 is 0 Å². The van der Waals surface area contributed by atoms with Gasteiger partial charge in [-0.2, -0.15) is 5.10 Å². The fourth-order valence-electron chi connectivity index (χ4n) is 4.75. The number of aromatic amines is 2. The van der Waals surface area contributed by atoms with E-state index in [-0.39, 0.29) is 5.41 Å². The summed E-state index contributed by atoms with van der Waals surface area (Å²) in [6.07, 6.45) is 3.74. The molecule has 36 heavy (non-hydrogen) atoms. The van der Waals surface area contributed by atoms with Crippen LogP contribution in [-0.4, -0.2) is 48.9 Å². The molecule has 3 N–H and O–H groups in total. The lowest BCUT2D eigenvalue weighted by atomic mass is 9.87. The fraction of sp³-hybridized carbons (Fsp3) is 0.429. The number of aliphatic hydroxyl groups is 1. The highest BCUT2D eigenvalue weighted by atomic mass is 32.1. The van der Waals surface area contributed by atoms with E-state index in [0.29, 0.717) is 12.5 Å². The lowest BCUT2D eigenvalue weighted by Crippen LogP contribution is -2.38. The molecule has 4 heterocycles. The molecule has 0 aliphatic rings. The minimum Gasteiger partial charge on any atom is -0.443 e. The molecule has 0 saturated carbocycles. The average Bonchev–Trinajstić information content (AvgIpc) is 3.53. The lowest BCUT2D eigenvalue weighted by Gasteiger charge is -2.35. The van der Waals surface area contributed by atoms with Gasteiger partial charge in [0.15, 0.2) is 12.2 Å². The standard InChI is InChI=1S/C28H35N5O2S/c1-16(27(2,3)4)33(7)14-17-8-18(12-28(5,6)34)19-10-21(30-20(19)9-17)25-26-22(31-32-25)11-24(36-26)23-13-29-15-35-23/h8-11,13,15-16,30,34H,12,14H2,1-7H3,(H,31,32). The summed E-state index contributed by atoms with van der Waals surface area (Å²) in [6.45, 7) is 13.7. The van der Waals surface area contributed by atoms with Gasteiger partial charge in [0, 0.05) is 29.9 Å².